The zero-order valence-electron chi connectivity index (χ0n) is 21.6. The molecule has 0 spiro atoms. The number of hydrogen-bond donors (Lipinski definition) is 0. The molecule has 1 saturated carbocycles. The van der Waals surface area contributed by atoms with E-state index in [9.17, 15) is 10.1 Å². The molecule has 1 aliphatic rings. The Kier molecular flexibility index (Phi) is 6.71. The van der Waals surface area contributed by atoms with Gasteiger partial charge in [-0.05, 0) is 68.5 Å². The summed E-state index contributed by atoms with van der Waals surface area (Å²) in [6, 6.07) is 19.2. The molecule has 0 unspecified atom stereocenters. The molecule has 188 valence electrons. The van der Waals surface area contributed by atoms with Gasteiger partial charge in [-0.1, -0.05) is 31.0 Å². The number of ether oxygens (including phenoxy) is 1. The standard InChI is InChI=1S/C31H31N3O3/c1-31(15-6-4-5-7-16-31)37-27-13-12-23(18-24(27)20-32)25-14-17-33-26-19-28(36-29(25)26)21-8-10-22(11-9-21)30(35)34(2)3/h8-14,17-19H,4-7,15-16H2,1-3H3. The topological polar surface area (TPSA) is 79.4 Å². The molecule has 2 aromatic carbocycles. The summed E-state index contributed by atoms with van der Waals surface area (Å²) < 4.78 is 12.7. The number of nitrogens with zero attached hydrogens (tertiary/aromatic N) is 3. The Morgan fingerprint density at radius 1 is 1.00 bits per heavy atom. The quantitative estimate of drug-likeness (QED) is 0.274. The predicted octanol–water partition coefficient (Wildman–Crippen LogP) is 7.23. The summed E-state index contributed by atoms with van der Waals surface area (Å²) in [6.07, 6.45) is 8.55. The maximum absolute atomic E-state index is 12.2. The van der Waals surface area contributed by atoms with Crippen LogP contribution in [0, 0.1) is 11.3 Å². The fourth-order valence-corrected chi connectivity index (χ4v) is 5.06. The SMILES string of the molecule is CN(C)C(=O)c1ccc(-c2cc3nccc(-c4ccc(OC5(C)CCCCCC5)c(C#N)c4)c3o2)cc1. The summed E-state index contributed by atoms with van der Waals surface area (Å²) in [4.78, 5) is 18.3. The smallest absolute Gasteiger partial charge is 0.253 e. The van der Waals surface area contributed by atoms with Gasteiger partial charge in [-0.25, -0.2) is 0 Å². The minimum absolute atomic E-state index is 0.0473. The molecule has 4 aromatic rings. The maximum Gasteiger partial charge on any atom is 0.253 e. The van der Waals surface area contributed by atoms with Gasteiger partial charge in [0.1, 0.15) is 28.7 Å². The van der Waals surface area contributed by atoms with Gasteiger partial charge in [-0.2, -0.15) is 5.26 Å². The van der Waals surface area contributed by atoms with Crippen molar-refractivity contribution in [2.45, 2.75) is 51.0 Å². The second-order valence-electron chi connectivity index (χ2n) is 10.2. The number of amides is 1. The minimum atomic E-state index is -0.240. The third kappa shape index (κ3) is 5.08. The Balaban J connectivity index is 1.46. The van der Waals surface area contributed by atoms with Crippen LogP contribution in [0.2, 0.25) is 0 Å². The number of pyridine rings is 1. The molecule has 2 aromatic heterocycles. The molecule has 0 radical (unpaired) electrons. The van der Waals surface area contributed by atoms with Gasteiger partial charge < -0.3 is 14.1 Å². The van der Waals surface area contributed by atoms with E-state index in [1.807, 2.05) is 42.5 Å². The lowest BCUT2D eigenvalue weighted by Crippen LogP contribution is -2.31. The van der Waals surface area contributed by atoms with Crippen LogP contribution in [0.4, 0.5) is 0 Å². The van der Waals surface area contributed by atoms with Crippen LogP contribution in [-0.4, -0.2) is 35.5 Å². The van der Waals surface area contributed by atoms with Crippen molar-refractivity contribution in [3.63, 3.8) is 0 Å². The Morgan fingerprint density at radius 2 is 1.70 bits per heavy atom. The number of aromatic nitrogens is 1. The molecule has 0 N–H and O–H groups in total. The zero-order valence-corrected chi connectivity index (χ0v) is 21.6. The first-order chi connectivity index (χ1) is 17.9. The van der Waals surface area contributed by atoms with Gasteiger partial charge >= 0.3 is 0 Å². The average molecular weight is 494 g/mol. The van der Waals surface area contributed by atoms with Crippen molar-refractivity contribution in [1.29, 1.82) is 5.26 Å². The first kappa shape index (κ1) is 24.6. The second-order valence-corrected chi connectivity index (χ2v) is 10.2. The number of rotatable bonds is 5. The van der Waals surface area contributed by atoms with Crippen molar-refractivity contribution in [2.75, 3.05) is 14.1 Å². The third-order valence-electron chi connectivity index (χ3n) is 7.16. The van der Waals surface area contributed by atoms with E-state index in [0.717, 1.165) is 47.9 Å². The highest BCUT2D eigenvalue weighted by atomic mass is 16.5. The number of carbonyl (C=O) groups excluding carboxylic acids is 1. The molecule has 6 heteroatoms. The van der Waals surface area contributed by atoms with E-state index < -0.39 is 0 Å². The molecule has 0 aliphatic heterocycles. The van der Waals surface area contributed by atoms with Gasteiger partial charge in [-0.3, -0.25) is 9.78 Å². The van der Waals surface area contributed by atoms with Crippen LogP contribution in [0.1, 0.15) is 61.4 Å². The highest BCUT2D eigenvalue weighted by molar-refractivity contribution is 5.95. The number of nitriles is 1. The van der Waals surface area contributed by atoms with Gasteiger partial charge in [0.2, 0.25) is 0 Å². The summed E-state index contributed by atoms with van der Waals surface area (Å²) >= 11 is 0. The van der Waals surface area contributed by atoms with E-state index in [4.69, 9.17) is 9.15 Å². The molecular weight excluding hydrogens is 462 g/mol. The normalized spacial score (nSPS) is 15.1. The second kappa shape index (κ2) is 10.1. The van der Waals surface area contributed by atoms with Crippen LogP contribution in [0.15, 0.2) is 65.2 Å². The van der Waals surface area contributed by atoms with Crippen molar-refractivity contribution >= 4 is 17.0 Å². The van der Waals surface area contributed by atoms with Crippen LogP contribution in [0.5, 0.6) is 5.75 Å². The van der Waals surface area contributed by atoms with Gasteiger partial charge in [0.25, 0.3) is 5.91 Å². The van der Waals surface area contributed by atoms with E-state index in [0.29, 0.717) is 28.2 Å². The molecular formula is C31H31N3O3. The maximum atomic E-state index is 12.2. The van der Waals surface area contributed by atoms with Crippen molar-refractivity contribution in [2.24, 2.45) is 0 Å². The molecule has 2 heterocycles. The third-order valence-corrected chi connectivity index (χ3v) is 7.16. The molecule has 1 fully saturated rings. The fourth-order valence-electron chi connectivity index (χ4n) is 5.06. The monoisotopic (exact) mass is 493 g/mol. The van der Waals surface area contributed by atoms with Crippen LogP contribution in [-0.2, 0) is 0 Å². The Hall–Kier alpha value is -4.11. The molecule has 1 amide bonds. The number of furan rings is 1. The number of benzene rings is 2. The lowest BCUT2D eigenvalue weighted by Gasteiger charge is -2.30. The van der Waals surface area contributed by atoms with Crippen LogP contribution in [0.3, 0.4) is 0 Å². The van der Waals surface area contributed by atoms with Crippen molar-refractivity contribution in [1.82, 2.24) is 9.88 Å². The van der Waals surface area contributed by atoms with Crippen molar-refractivity contribution in [3.8, 4) is 34.3 Å². The van der Waals surface area contributed by atoms with Gasteiger partial charge in [0.15, 0.2) is 5.58 Å². The molecule has 0 bridgehead atoms. The van der Waals surface area contributed by atoms with E-state index in [-0.39, 0.29) is 11.5 Å². The van der Waals surface area contributed by atoms with Gasteiger partial charge in [0.05, 0.1) is 5.56 Å². The Labute approximate surface area is 217 Å². The number of carbonyl (C=O) groups is 1. The van der Waals surface area contributed by atoms with Crippen LogP contribution < -0.4 is 4.74 Å². The van der Waals surface area contributed by atoms with E-state index in [1.165, 1.54) is 12.8 Å². The highest BCUT2D eigenvalue weighted by Crippen LogP contribution is 2.37. The number of hydrogen-bond acceptors (Lipinski definition) is 5. The summed E-state index contributed by atoms with van der Waals surface area (Å²) in [7, 11) is 3.47. The van der Waals surface area contributed by atoms with Crippen LogP contribution >= 0.6 is 0 Å². The summed E-state index contributed by atoms with van der Waals surface area (Å²) in [6.45, 7) is 2.16. The zero-order chi connectivity index (χ0) is 26.0. The van der Waals surface area contributed by atoms with Crippen molar-refractivity contribution < 1.29 is 13.9 Å². The number of fused-ring (bicyclic) bond motifs is 1. The average Bonchev–Trinajstić information content (AvgIpc) is 3.24. The van der Waals surface area contributed by atoms with Gasteiger partial charge in [0, 0.05) is 43.0 Å². The van der Waals surface area contributed by atoms with E-state index in [2.05, 4.69) is 18.0 Å². The first-order valence-electron chi connectivity index (χ1n) is 12.8. The minimum Gasteiger partial charge on any atom is -0.486 e. The molecule has 0 saturated heterocycles. The fraction of sp³-hybridized carbons (Fsp3) is 0.323. The molecule has 0 atom stereocenters. The van der Waals surface area contributed by atoms with E-state index in [1.54, 1.807) is 37.3 Å². The molecule has 6 nitrogen and oxygen atoms in total. The van der Waals surface area contributed by atoms with Gasteiger partial charge in [-0.15, -0.1) is 0 Å². The summed E-state index contributed by atoms with van der Waals surface area (Å²) in [5.74, 6) is 1.25. The van der Waals surface area contributed by atoms with E-state index >= 15 is 0 Å². The molecule has 1 aliphatic carbocycles. The molecule has 37 heavy (non-hydrogen) atoms. The van der Waals surface area contributed by atoms with Crippen LogP contribution in [0.25, 0.3) is 33.6 Å². The Bertz CT molecular complexity index is 1470. The highest BCUT2D eigenvalue weighted by Gasteiger charge is 2.28. The lowest BCUT2D eigenvalue weighted by atomic mass is 9.96. The summed E-state index contributed by atoms with van der Waals surface area (Å²) in [5, 5.41) is 9.93. The first-order valence-corrected chi connectivity index (χ1v) is 12.8. The lowest BCUT2D eigenvalue weighted by molar-refractivity contribution is 0.0718. The Morgan fingerprint density at radius 3 is 2.38 bits per heavy atom. The molecule has 5 rings (SSSR count). The predicted molar refractivity (Wildman–Crippen MR) is 144 cm³/mol. The largest absolute Gasteiger partial charge is 0.486 e. The summed E-state index contributed by atoms with van der Waals surface area (Å²) in [5.41, 5.74) is 4.86. The van der Waals surface area contributed by atoms with Crippen molar-refractivity contribution in [3.05, 3.63) is 71.9 Å².